The molecule has 0 aliphatic carbocycles. The van der Waals surface area contributed by atoms with Gasteiger partial charge in [-0.05, 0) is 27.7 Å². The zero-order valence-electron chi connectivity index (χ0n) is 7.98. The Kier molecular flexibility index (Phi) is 5.68. The average Bonchev–Trinajstić information content (AvgIpc) is 1.65. The van der Waals surface area contributed by atoms with Gasteiger partial charge in [-0.1, -0.05) is 0 Å². The molecule has 0 aromatic rings. The zero-order chi connectivity index (χ0) is 7.65. The van der Waals surface area contributed by atoms with Crippen LogP contribution in [0.25, 0.3) is 0 Å². The number of halogens is 1. The third-order valence-electron chi connectivity index (χ3n) is 2.66. The van der Waals surface area contributed by atoms with Crippen molar-refractivity contribution < 1.29 is 21.5 Å². The quantitative estimate of drug-likeness (QED) is 0.507. The van der Waals surface area contributed by atoms with Gasteiger partial charge in [-0.15, -0.1) is 0 Å². The van der Waals surface area contributed by atoms with Gasteiger partial charge in [-0.25, -0.2) is 0 Å². The van der Waals surface area contributed by atoms with Crippen LogP contribution in [0, 0.1) is 0 Å². The Morgan fingerprint density at radius 2 is 1.00 bits per heavy atom. The summed E-state index contributed by atoms with van der Waals surface area (Å²) in [7, 11) is 4.55. The number of nitrogens with zero attached hydrogens (tertiary/aromatic N) is 1. The average molecular weight is 210 g/mol. The summed E-state index contributed by atoms with van der Waals surface area (Å²) < 4.78 is 1.11. The number of quaternary nitrogens is 1. The Morgan fingerprint density at radius 1 is 0.800 bits per heavy atom. The first-order valence-electron chi connectivity index (χ1n) is 3.72. The largest absolute Gasteiger partial charge is 1.00 e. The van der Waals surface area contributed by atoms with Gasteiger partial charge in [-0.2, -0.15) is 0 Å². The predicted octanol–water partition coefficient (Wildman–Crippen LogP) is -1.12. The lowest BCUT2D eigenvalue weighted by molar-refractivity contribution is -0.931. The van der Waals surface area contributed by atoms with Crippen LogP contribution in [0.3, 0.4) is 0 Å². The highest BCUT2D eigenvalue weighted by molar-refractivity contribution is 4.44. The van der Waals surface area contributed by atoms with Crippen LogP contribution in [-0.4, -0.2) is 30.7 Å². The van der Waals surface area contributed by atoms with Crippen molar-refractivity contribution in [1.29, 1.82) is 0 Å². The van der Waals surface area contributed by atoms with Gasteiger partial charge in [0.15, 0.2) is 0 Å². The van der Waals surface area contributed by atoms with Gasteiger partial charge in [0, 0.05) is 0 Å². The first-order valence-corrected chi connectivity index (χ1v) is 3.72. The van der Waals surface area contributed by atoms with Crippen LogP contribution in [0.5, 0.6) is 0 Å². The van der Waals surface area contributed by atoms with E-state index in [1.54, 1.807) is 0 Å². The van der Waals surface area contributed by atoms with Crippen molar-refractivity contribution >= 4 is 0 Å². The molecule has 10 heavy (non-hydrogen) atoms. The van der Waals surface area contributed by atoms with Gasteiger partial charge in [0.2, 0.25) is 0 Å². The van der Waals surface area contributed by atoms with Crippen molar-refractivity contribution in [2.45, 2.75) is 39.8 Å². The summed E-state index contributed by atoms with van der Waals surface area (Å²) in [6.45, 7) is 9.06. The Hall–Kier alpha value is 0.440. The van der Waals surface area contributed by atoms with Crippen LogP contribution >= 0.6 is 0 Å². The van der Waals surface area contributed by atoms with Crippen LogP contribution < -0.4 is 17.0 Å². The Bertz CT molecular complexity index is 77.3. The molecular formula is C8H20BrN. The van der Waals surface area contributed by atoms with Crippen molar-refractivity contribution in [3.8, 4) is 0 Å². The fourth-order valence-corrected chi connectivity index (χ4v) is 0.596. The minimum atomic E-state index is 0. The van der Waals surface area contributed by atoms with Crippen molar-refractivity contribution in [2.24, 2.45) is 0 Å². The van der Waals surface area contributed by atoms with E-state index in [1.165, 1.54) is 0 Å². The molecule has 0 aliphatic rings. The van der Waals surface area contributed by atoms with Crippen LogP contribution in [0.4, 0.5) is 0 Å². The first-order chi connectivity index (χ1) is 3.89. The molecule has 0 heterocycles. The summed E-state index contributed by atoms with van der Waals surface area (Å²) in [6, 6.07) is 1.45. The molecule has 2 heteroatoms. The van der Waals surface area contributed by atoms with E-state index in [-0.39, 0.29) is 17.0 Å². The standard InChI is InChI=1S/C8H20N.BrH/c1-7(2)9(5,6)8(3)4;/h7-8H,1-6H3;1H/q+1;/p-1. The predicted molar refractivity (Wildman–Crippen MR) is 42.4 cm³/mol. The van der Waals surface area contributed by atoms with Crippen molar-refractivity contribution in [1.82, 2.24) is 0 Å². The molecule has 0 saturated carbocycles. The molecular weight excluding hydrogens is 190 g/mol. The summed E-state index contributed by atoms with van der Waals surface area (Å²) in [4.78, 5) is 0. The smallest absolute Gasteiger partial charge is 0.0831 e. The van der Waals surface area contributed by atoms with Crippen LogP contribution in [0.2, 0.25) is 0 Å². The van der Waals surface area contributed by atoms with E-state index in [2.05, 4.69) is 41.8 Å². The summed E-state index contributed by atoms with van der Waals surface area (Å²) in [5, 5.41) is 0. The Morgan fingerprint density at radius 3 is 1.00 bits per heavy atom. The van der Waals surface area contributed by atoms with Gasteiger partial charge in [0.05, 0.1) is 26.2 Å². The van der Waals surface area contributed by atoms with E-state index >= 15 is 0 Å². The summed E-state index contributed by atoms with van der Waals surface area (Å²) in [6.07, 6.45) is 0. The minimum Gasteiger partial charge on any atom is -1.00 e. The van der Waals surface area contributed by atoms with E-state index in [0.717, 1.165) is 16.6 Å². The summed E-state index contributed by atoms with van der Waals surface area (Å²) in [5.41, 5.74) is 0. The fourth-order valence-electron chi connectivity index (χ4n) is 0.596. The fraction of sp³-hybridized carbons (Fsp3) is 1.00. The lowest BCUT2D eigenvalue weighted by atomic mass is 10.2. The molecule has 0 N–H and O–H groups in total. The second-order valence-corrected chi connectivity index (χ2v) is 3.82. The molecule has 0 unspecified atom stereocenters. The second-order valence-electron chi connectivity index (χ2n) is 3.82. The van der Waals surface area contributed by atoms with Crippen LogP contribution in [0.1, 0.15) is 27.7 Å². The molecule has 0 saturated heterocycles. The SMILES string of the molecule is CC(C)[N+](C)(C)C(C)C.[Br-]. The molecule has 0 fully saturated rings. The first kappa shape index (κ1) is 13.1. The molecule has 0 aliphatic heterocycles. The monoisotopic (exact) mass is 209 g/mol. The second kappa shape index (κ2) is 4.35. The molecule has 0 spiro atoms. The van der Waals surface area contributed by atoms with Crippen molar-refractivity contribution in [2.75, 3.05) is 14.1 Å². The lowest BCUT2D eigenvalue weighted by Gasteiger charge is -2.38. The maximum Gasteiger partial charge on any atom is 0.0831 e. The van der Waals surface area contributed by atoms with Gasteiger partial charge in [0.25, 0.3) is 0 Å². The maximum atomic E-state index is 2.27. The third-order valence-corrected chi connectivity index (χ3v) is 2.66. The van der Waals surface area contributed by atoms with E-state index < -0.39 is 0 Å². The number of hydrogen-bond donors (Lipinski definition) is 0. The molecule has 0 aromatic carbocycles. The molecule has 0 bridgehead atoms. The van der Waals surface area contributed by atoms with Gasteiger partial charge >= 0.3 is 0 Å². The molecule has 0 rings (SSSR count). The normalized spacial score (nSPS) is 12.0. The summed E-state index contributed by atoms with van der Waals surface area (Å²) in [5.74, 6) is 0. The van der Waals surface area contributed by atoms with E-state index in [0.29, 0.717) is 0 Å². The molecule has 1 nitrogen and oxygen atoms in total. The van der Waals surface area contributed by atoms with E-state index in [1.807, 2.05) is 0 Å². The molecule has 0 atom stereocenters. The van der Waals surface area contributed by atoms with Crippen molar-refractivity contribution in [3.63, 3.8) is 0 Å². The van der Waals surface area contributed by atoms with Crippen LogP contribution in [0.15, 0.2) is 0 Å². The molecule has 64 valence electrons. The van der Waals surface area contributed by atoms with E-state index in [4.69, 9.17) is 0 Å². The Labute approximate surface area is 75.8 Å². The highest BCUT2D eigenvalue weighted by atomic mass is 79.9. The molecule has 0 radical (unpaired) electrons. The van der Waals surface area contributed by atoms with Gasteiger partial charge < -0.3 is 21.5 Å². The van der Waals surface area contributed by atoms with Crippen molar-refractivity contribution in [3.05, 3.63) is 0 Å². The van der Waals surface area contributed by atoms with E-state index in [9.17, 15) is 0 Å². The molecule has 0 aromatic heterocycles. The Balaban J connectivity index is 0. The number of rotatable bonds is 2. The maximum absolute atomic E-state index is 2.27. The minimum absolute atomic E-state index is 0. The highest BCUT2D eigenvalue weighted by Gasteiger charge is 2.22. The van der Waals surface area contributed by atoms with Gasteiger partial charge in [-0.3, -0.25) is 0 Å². The topological polar surface area (TPSA) is 0 Å². The number of hydrogen-bond acceptors (Lipinski definition) is 0. The zero-order valence-corrected chi connectivity index (χ0v) is 9.57. The lowest BCUT2D eigenvalue weighted by Crippen LogP contribution is -3.00. The summed E-state index contributed by atoms with van der Waals surface area (Å²) >= 11 is 0. The van der Waals surface area contributed by atoms with Crippen LogP contribution in [-0.2, 0) is 0 Å². The van der Waals surface area contributed by atoms with Gasteiger partial charge in [0.1, 0.15) is 0 Å². The highest BCUT2D eigenvalue weighted by Crippen LogP contribution is 2.10. The molecule has 0 amide bonds. The third kappa shape index (κ3) is 3.02.